The van der Waals surface area contributed by atoms with Gasteiger partial charge < -0.3 is 15.7 Å². The van der Waals surface area contributed by atoms with Gasteiger partial charge in [0, 0.05) is 18.0 Å². The van der Waals surface area contributed by atoms with E-state index in [1.54, 1.807) is 18.2 Å². The number of hydrogen-bond donors (Lipinski definition) is 3. The second-order valence-electron chi connectivity index (χ2n) is 5.80. The van der Waals surface area contributed by atoms with Crippen LogP contribution in [0.25, 0.3) is 0 Å². The Hall–Kier alpha value is -1.55. The van der Waals surface area contributed by atoms with Crippen molar-refractivity contribution in [1.29, 1.82) is 0 Å². The topological polar surface area (TPSA) is 61.4 Å². The smallest absolute Gasteiger partial charge is 0.224 e. The van der Waals surface area contributed by atoms with E-state index in [9.17, 15) is 9.90 Å². The van der Waals surface area contributed by atoms with Crippen molar-refractivity contribution in [2.45, 2.75) is 31.7 Å². The van der Waals surface area contributed by atoms with E-state index >= 15 is 0 Å². The molecule has 0 aromatic heterocycles. The summed E-state index contributed by atoms with van der Waals surface area (Å²) < 4.78 is 0. The highest BCUT2D eigenvalue weighted by atomic mass is 16.3. The minimum Gasteiger partial charge on any atom is -0.508 e. The molecule has 2 atom stereocenters. The second kappa shape index (κ2) is 4.85. The molecule has 19 heavy (non-hydrogen) atoms. The number of benzene rings is 1. The third-order valence-electron chi connectivity index (χ3n) is 4.34. The fourth-order valence-corrected chi connectivity index (χ4v) is 3.10. The van der Waals surface area contributed by atoms with E-state index in [-0.39, 0.29) is 11.7 Å². The predicted octanol–water partition coefficient (Wildman–Crippen LogP) is 1.19. The fourth-order valence-electron chi connectivity index (χ4n) is 3.10. The van der Waals surface area contributed by atoms with Crippen LogP contribution >= 0.6 is 0 Å². The third-order valence-corrected chi connectivity index (χ3v) is 4.34. The average Bonchev–Trinajstić information content (AvgIpc) is 3.11. The zero-order valence-electron chi connectivity index (χ0n) is 11.0. The van der Waals surface area contributed by atoms with Crippen LogP contribution in [0.2, 0.25) is 0 Å². The Morgan fingerprint density at radius 1 is 1.53 bits per heavy atom. The lowest BCUT2D eigenvalue weighted by Gasteiger charge is -2.23. The molecule has 2 unspecified atom stereocenters. The van der Waals surface area contributed by atoms with E-state index in [1.807, 2.05) is 6.07 Å². The molecule has 1 aliphatic heterocycles. The number of carbonyl (C=O) groups excluding carboxylic acids is 1. The molecule has 1 aromatic carbocycles. The van der Waals surface area contributed by atoms with Crippen LogP contribution in [-0.2, 0) is 11.2 Å². The van der Waals surface area contributed by atoms with E-state index in [0.29, 0.717) is 17.9 Å². The molecule has 3 rings (SSSR count). The van der Waals surface area contributed by atoms with Crippen LogP contribution < -0.4 is 10.6 Å². The lowest BCUT2D eigenvalue weighted by molar-refractivity contribution is -0.120. The lowest BCUT2D eigenvalue weighted by atomic mass is 9.96. The molecular formula is C15H20N2O2. The highest BCUT2D eigenvalue weighted by molar-refractivity contribution is 5.78. The first-order chi connectivity index (χ1) is 9.18. The van der Waals surface area contributed by atoms with Gasteiger partial charge in [-0.15, -0.1) is 0 Å². The summed E-state index contributed by atoms with van der Waals surface area (Å²) >= 11 is 0. The number of piperidine rings is 1. The van der Waals surface area contributed by atoms with Crippen LogP contribution in [0.15, 0.2) is 24.3 Å². The monoisotopic (exact) mass is 260 g/mol. The number of phenols is 1. The average molecular weight is 260 g/mol. The Morgan fingerprint density at radius 3 is 3.21 bits per heavy atom. The molecular weight excluding hydrogens is 240 g/mol. The Bertz CT molecular complexity index is 489. The maximum absolute atomic E-state index is 11.9. The maximum Gasteiger partial charge on any atom is 0.224 e. The summed E-state index contributed by atoms with van der Waals surface area (Å²) in [5.74, 6) is 0.249. The van der Waals surface area contributed by atoms with Crippen LogP contribution in [0.3, 0.4) is 0 Å². The first-order valence-electron chi connectivity index (χ1n) is 6.96. The summed E-state index contributed by atoms with van der Waals surface area (Å²) in [6.07, 6.45) is 3.96. The van der Waals surface area contributed by atoms with Crippen molar-refractivity contribution in [3.63, 3.8) is 0 Å². The number of amides is 1. The largest absolute Gasteiger partial charge is 0.508 e. The molecule has 0 bridgehead atoms. The Labute approximate surface area is 113 Å². The van der Waals surface area contributed by atoms with Gasteiger partial charge in [-0.25, -0.2) is 0 Å². The van der Waals surface area contributed by atoms with Gasteiger partial charge in [-0.05, 0) is 43.5 Å². The van der Waals surface area contributed by atoms with Crippen molar-refractivity contribution in [1.82, 2.24) is 10.6 Å². The Balaban J connectivity index is 1.49. The summed E-state index contributed by atoms with van der Waals surface area (Å²) in [7, 11) is 0. The standard InChI is InChI=1S/C15H20N2O2/c18-12-4-1-3-11(7-12)8-14(19)17-10-15-5-2-6-16-13(15)9-15/h1,3-4,7,13,16,18H,2,5-6,8-10H2,(H,17,19). The SMILES string of the molecule is O=C(Cc1cccc(O)c1)NCC12CCCNC1C2. The van der Waals surface area contributed by atoms with Gasteiger partial charge in [-0.2, -0.15) is 0 Å². The van der Waals surface area contributed by atoms with E-state index in [2.05, 4.69) is 10.6 Å². The molecule has 3 N–H and O–H groups in total. The van der Waals surface area contributed by atoms with Crippen LogP contribution in [0, 0.1) is 5.41 Å². The third kappa shape index (κ3) is 2.73. The summed E-state index contributed by atoms with van der Waals surface area (Å²) in [4.78, 5) is 11.9. The maximum atomic E-state index is 11.9. The summed E-state index contributed by atoms with van der Waals surface area (Å²) in [5.41, 5.74) is 1.18. The molecule has 2 fully saturated rings. The van der Waals surface area contributed by atoms with Crippen molar-refractivity contribution < 1.29 is 9.90 Å². The van der Waals surface area contributed by atoms with Crippen LogP contribution in [-0.4, -0.2) is 30.1 Å². The number of rotatable bonds is 4. The van der Waals surface area contributed by atoms with Crippen molar-refractivity contribution in [3.8, 4) is 5.75 Å². The van der Waals surface area contributed by atoms with Gasteiger partial charge in [0.2, 0.25) is 5.91 Å². The number of fused-ring (bicyclic) bond motifs is 1. The molecule has 0 spiro atoms. The van der Waals surface area contributed by atoms with Gasteiger partial charge >= 0.3 is 0 Å². The number of aromatic hydroxyl groups is 1. The van der Waals surface area contributed by atoms with E-state index < -0.39 is 0 Å². The van der Waals surface area contributed by atoms with Gasteiger partial charge in [0.1, 0.15) is 5.75 Å². The second-order valence-corrected chi connectivity index (χ2v) is 5.80. The van der Waals surface area contributed by atoms with Gasteiger partial charge in [0.15, 0.2) is 0 Å². The highest BCUT2D eigenvalue weighted by Gasteiger charge is 2.54. The van der Waals surface area contributed by atoms with E-state index in [0.717, 1.165) is 18.7 Å². The van der Waals surface area contributed by atoms with Gasteiger partial charge in [0.25, 0.3) is 0 Å². The fraction of sp³-hybridized carbons (Fsp3) is 0.533. The molecule has 1 saturated carbocycles. The Kier molecular flexibility index (Phi) is 3.19. The Morgan fingerprint density at radius 2 is 2.42 bits per heavy atom. The predicted molar refractivity (Wildman–Crippen MR) is 72.9 cm³/mol. The van der Waals surface area contributed by atoms with Crippen molar-refractivity contribution >= 4 is 5.91 Å². The molecule has 102 valence electrons. The normalized spacial score (nSPS) is 28.5. The van der Waals surface area contributed by atoms with Crippen LogP contribution in [0.5, 0.6) is 5.75 Å². The van der Waals surface area contributed by atoms with Crippen LogP contribution in [0.1, 0.15) is 24.8 Å². The molecule has 1 aromatic rings. The highest BCUT2D eigenvalue weighted by Crippen LogP contribution is 2.51. The van der Waals surface area contributed by atoms with E-state index in [4.69, 9.17) is 0 Å². The molecule has 1 amide bonds. The zero-order chi connectivity index (χ0) is 13.3. The van der Waals surface area contributed by atoms with Crippen LogP contribution in [0.4, 0.5) is 0 Å². The zero-order valence-corrected chi connectivity index (χ0v) is 11.0. The summed E-state index contributed by atoms with van der Waals surface area (Å²) in [5, 5.41) is 15.9. The molecule has 1 aliphatic carbocycles. The molecule has 0 radical (unpaired) electrons. The number of hydrogen-bond acceptors (Lipinski definition) is 3. The minimum atomic E-state index is 0.0381. The first kappa shape index (κ1) is 12.5. The molecule has 4 heteroatoms. The lowest BCUT2D eigenvalue weighted by Crippen LogP contribution is -2.38. The molecule has 4 nitrogen and oxygen atoms in total. The summed E-state index contributed by atoms with van der Waals surface area (Å²) in [6, 6.07) is 7.49. The van der Waals surface area contributed by atoms with Crippen molar-refractivity contribution in [2.24, 2.45) is 5.41 Å². The summed E-state index contributed by atoms with van der Waals surface area (Å²) in [6.45, 7) is 1.89. The van der Waals surface area contributed by atoms with Gasteiger partial charge in [-0.3, -0.25) is 4.79 Å². The molecule has 1 saturated heterocycles. The van der Waals surface area contributed by atoms with Gasteiger partial charge in [0.05, 0.1) is 6.42 Å². The first-order valence-corrected chi connectivity index (χ1v) is 6.96. The number of nitrogens with one attached hydrogen (secondary N) is 2. The number of phenolic OH excluding ortho intramolecular Hbond substituents is 1. The molecule has 2 aliphatic rings. The quantitative estimate of drug-likeness (QED) is 0.762. The van der Waals surface area contributed by atoms with E-state index in [1.165, 1.54) is 19.3 Å². The van der Waals surface area contributed by atoms with Gasteiger partial charge in [-0.1, -0.05) is 12.1 Å². The minimum absolute atomic E-state index is 0.0381. The van der Waals surface area contributed by atoms with Crippen molar-refractivity contribution in [2.75, 3.05) is 13.1 Å². The molecule has 1 heterocycles. The number of carbonyl (C=O) groups is 1. The van der Waals surface area contributed by atoms with Crippen molar-refractivity contribution in [3.05, 3.63) is 29.8 Å².